The minimum absolute atomic E-state index is 0.111. The van der Waals surface area contributed by atoms with Crippen LogP contribution < -0.4 is 9.47 Å². The van der Waals surface area contributed by atoms with Crippen LogP contribution in [0.5, 0.6) is 11.5 Å². The predicted molar refractivity (Wildman–Crippen MR) is 115 cm³/mol. The van der Waals surface area contributed by atoms with Crippen LogP contribution in [0.4, 0.5) is 13.2 Å². The van der Waals surface area contributed by atoms with Gasteiger partial charge in [-0.15, -0.1) is 0 Å². The van der Waals surface area contributed by atoms with Gasteiger partial charge in [0.15, 0.2) is 17.6 Å². The second-order valence-corrected chi connectivity index (χ2v) is 9.73. The number of halogens is 3. The smallest absolute Gasteiger partial charge is 0.471 e. The van der Waals surface area contributed by atoms with Gasteiger partial charge >= 0.3 is 12.1 Å². The van der Waals surface area contributed by atoms with Crippen LogP contribution >= 0.6 is 0 Å². The summed E-state index contributed by atoms with van der Waals surface area (Å²) in [5, 5.41) is 13.4. The molecule has 1 fully saturated rings. The van der Waals surface area contributed by atoms with E-state index < -0.39 is 35.2 Å². The molecule has 176 valence electrons. The molecule has 1 amide bonds. The van der Waals surface area contributed by atoms with Crippen LogP contribution in [0.3, 0.4) is 0 Å². The number of ether oxygens (including phenoxy) is 2. The lowest BCUT2D eigenvalue weighted by Gasteiger charge is -2.62. The van der Waals surface area contributed by atoms with Gasteiger partial charge in [0.2, 0.25) is 0 Å². The van der Waals surface area contributed by atoms with Gasteiger partial charge in [0, 0.05) is 29.4 Å². The molecule has 6 nitrogen and oxygen atoms in total. The van der Waals surface area contributed by atoms with Crippen LogP contribution in [0.15, 0.2) is 36.4 Å². The molecule has 1 saturated heterocycles. The zero-order valence-corrected chi connectivity index (χ0v) is 18.2. The van der Waals surface area contributed by atoms with Gasteiger partial charge in [-0.1, -0.05) is 24.3 Å². The van der Waals surface area contributed by atoms with E-state index in [-0.39, 0.29) is 25.8 Å². The van der Waals surface area contributed by atoms with Crippen LogP contribution in [-0.2, 0) is 23.1 Å². The van der Waals surface area contributed by atoms with E-state index in [1.807, 2.05) is 30.3 Å². The van der Waals surface area contributed by atoms with Crippen molar-refractivity contribution in [1.29, 1.82) is 0 Å². The van der Waals surface area contributed by atoms with Gasteiger partial charge < -0.3 is 24.5 Å². The highest BCUT2D eigenvalue weighted by atomic mass is 19.4. The molecule has 2 aliphatic heterocycles. The first kappa shape index (κ1) is 20.2. The monoisotopic (exact) mass is 470 g/mol. The molecule has 2 bridgehead atoms. The number of carbonyl (C=O) groups excluding carboxylic acids is 1. The van der Waals surface area contributed by atoms with Gasteiger partial charge in [0.25, 0.3) is 0 Å². The molecule has 2 aromatic carbocycles. The van der Waals surface area contributed by atoms with Crippen molar-refractivity contribution in [2.45, 2.75) is 48.6 Å². The van der Waals surface area contributed by atoms with Crippen molar-refractivity contribution in [1.82, 2.24) is 9.88 Å². The average Bonchev–Trinajstić information content (AvgIpc) is 3.33. The second kappa shape index (κ2) is 6.07. The quantitative estimate of drug-likeness (QED) is 0.571. The fraction of sp³-hybridized carbons (Fsp3) is 0.400. The number of aromatic amines is 1. The molecule has 2 N–H and O–H groups in total. The minimum atomic E-state index is -5.02. The van der Waals surface area contributed by atoms with Gasteiger partial charge in [-0.25, -0.2) is 0 Å². The maximum absolute atomic E-state index is 13.6. The molecule has 1 aromatic heterocycles. The molecule has 7 rings (SSSR count). The van der Waals surface area contributed by atoms with Gasteiger partial charge in [-0.05, 0) is 36.1 Å². The van der Waals surface area contributed by atoms with Crippen molar-refractivity contribution < 1.29 is 32.5 Å². The molecule has 3 aromatic rings. The van der Waals surface area contributed by atoms with Crippen molar-refractivity contribution in [2.24, 2.45) is 0 Å². The fourth-order valence-electron chi connectivity index (χ4n) is 7.19. The molecule has 9 heteroatoms. The Labute approximate surface area is 192 Å². The molecular formula is C25H21F3N2O4. The molecule has 2 aliphatic carbocycles. The Morgan fingerprint density at radius 1 is 1.26 bits per heavy atom. The summed E-state index contributed by atoms with van der Waals surface area (Å²) in [6.07, 6.45) is -5.27. The van der Waals surface area contributed by atoms with Crippen molar-refractivity contribution in [3.8, 4) is 11.5 Å². The van der Waals surface area contributed by atoms with E-state index in [4.69, 9.17) is 9.47 Å². The summed E-state index contributed by atoms with van der Waals surface area (Å²) < 4.78 is 52.8. The fourth-order valence-corrected chi connectivity index (χ4v) is 7.19. The lowest BCUT2D eigenvalue weighted by Crippen LogP contribution is -2.75. The zero-order chi connectivity index (χ0) is 23.6. The van der Waals surface area contributed by atoms with Crippen LogP contribution in [0.25, 0.3) is 10.9 Å². The summed E-state index contributed by atoms with van der Waals surface area (Å²) in [6.45, 7) is -0.114. The summed E-state index contributed by atoms with van der Waals surface area (Å²) in [5.41, 5.74) is 1.47. The second-order valence-electron chi connectivity index (χ2n) is 9.73. The number of carbonyl (C=O) groups is 1. The maximum atomic E-state index is 13.6. The maximum Gasteiger partial charge on any atom is 0.471 e. The summed E-state index contributed by atoms with van der Waals surface area (Å²) in [5.74, 6) is -0.850. The van der Waals surface area contributed by atoms with Crippen molar-refractivity contribution in [3.63, 3.8) is 0 Å². The number of nitrogens with one attached hydrogen (secondary N) is 1. The SMILES string of the molecule is COc1ccc2c3c1O[C@H]1c4[nH]c5ccccc5c4C[C@@]4(O)[C@@H](C2)N(C(=O)C(F)(F)F)CC[C@]314. The number of aliphatic hydroxyl groups is 1. The Kier molecular flexibility index (Phi) is 3.61. The highest BCUT2D eigenvalue weighted by Crippen LogP contribution is 2.69. The number of nitrogens with zero attached hydrogens (tertiary/aromatic N) is 1. The summed E-state index contributed by atoms with van der Waals surface area (Å²) in [6, 6.07) is 10.2. The molecule has 0 saturated carbocycles. The van der Waals surface area contributed by atoms with Crippen molar-refractivity contribution in [3.05, 3.63) is 58.8 Å². The Morgan fingerprint density at radius 3 is 2.82 bits per heavy atom. The van der Waals surface area contributed by atoms with E-state index in [1.54, 1.807) is 6.07 Å². The predicted octanol–water partition coefficient (Wildman–Crippen LogP) is 3.55. The number of piperidine rings is 1. The lowest BCUT2D eigenvalue weighted by molar-refractivity contribution is -0.212. The number of amides is 1. The third kappa shape index (κ3) is 2.11. The number of hydrogen-bond donors (Lipinski definition) is 2. The zero-order valence-electron chi connectivity index (χ0n) is 18.2. The van der Waals surface area contributed by atoms with Gasteiger partial charge in [0.1, 0.15) is 5.60 Å². The normalized spacial score (nSPS) is 30.6. The molecule has 3 heterocycles. The van der Waals surface area contributed by atoms with E-state index >= 15 is 0 Å². The minimum Gasteiger partial charge on any atom is -0.493 e. The number of likely N-dealkylation sites (tertiary alicyclic amines) is 1. The van der Waals surface area contributed by atoms with Crippen molar-refractivity contribution >= 4 is 16.8 Å². The first-order chi connectivity index (χ1) is 16.2. The van der Waals surface area contributed by atoms with Crippen LogP contribution in [-0.4, -0.2) is 52.4 Å². The number of methoxy groups -OCH3 is 1. The van der Waals surface area contributed by atoms with E-state index in [9.17, 15) is 23.1 Å². The molecule has 4 aliphatic rings. The van der Waals surface area contributed by atoms with Gasteiger partial charge in [-0.2, -0.15) is 13.2 Å². The number of hydrogen-bond acceptors (Lipinski definition) is 4. The standard InChI is InChI=1S/C25H21F3N2O4/c1-33-16-7-6-12-10-17-24(32)11-14-13-4-2-3-5-15(13)29-19(14)21-23(24,18(12)20(16)34-21)8-9-30(17)22(31)25(26,27)28/h2-7,17,21,29,32H,8-11H2,1H3/t17-,21+,23+,24-/m1/s1. The highest BCUT2D eigenvalue weighted by Gasteiger charge is 2.74. The number of benzene rings is 2. The first-order valence-corrected chi connectivity index (χ1v) is 11.3. The van der Waals surface area contributed by atoms with Crippen LogP contribution in [0.2, 0.25) is 0 Å². The average molecular weight is 470 g/mol. The largest absolute Gasteiger partial charge is 0.493 e. The van der Waals surface area contributed by atoms with Gasteiger partial charge in [-0.3, -0.25) is 4.79 Å². The number of rotatable bonds is 1. The van der Waals surface area contributed by atoms with Gasteiger partial charge in [0.05, 0.1) is 24.3 Å². The number of H-pyrrole nitrogens is 1. The summed E-state index contributed by atoms with van der Waals surface area (Å²) in [4.78, 5) is 16.8. The molecule has 4 atom stereocenters. The summed E-state index contributed by atoms with van der Waals surface area (Å²) in [7, 11) is 1.54. The third-order valence-electron chi connectivity index (χ3n) is 8.48. The van der Waals surface area contributed by atoms with E-state index in [0.29, 0.717) is 11.5 Å². The van der Waals surface area contributed by atoms with E-state index in [2.05, 4.69) is 4.98 Å². The molecule has 1 spiro atoms. The van der Waals surface area contributed by atoms with E-state index in [1.165, 1.54) is 7.11 Å². The summed E-state index contributed by atoms with van der Waals surface area (Å²) >= 11 is 0. The Balaban J connectivity index is 1.53. The van der Waals surface area contributed by atoms with Crippen LogP contribution in [0, 0.1) is 0 Å². The Bertz CT molecular complexity index is 1400. The number of fused-ring (bicyclic) bond motifs is 4. The number of aromatic nitrogens is 1. The Hall–Kier alpha value is -3.20. The molecule has 34 heavy (non-hydrogen) atoms. The molecule has 0 unspecified atom stereocenters. The lowest BCUT2D eigenvalue weighted by atomic mass is 9.49. The highest BCUT2D eigenvalue weighted by molar-refractivity contribution is 5.87. The van der Waals surface area contributed by atoms with Crippen molar-refractivity contribution in [2.75, 3.05) is 13.7 Å². The van der Waals surface area contributed by atoms with E-state index in [0.717, 1.165) is 38.2 Å². The number of para-hydroxylation sites is 1. The Morgan fingerprint density at radius 2 is 2.06 bits per heavy atom. The topological polar surface area (TPSA) is 74.8 Å². The molecular weight excluding hydrogens is 449 g/mol. The molecule has 0 radical (unpaired) electrons. The van der Waals surface area contributed by atoms with Crippen LogP contribution in [0.1, 0.15) is 34.9 Å². The first-order valence-electron chi connectivity index (χ1n) is 11.3. The third-order valence-corrected chi connectivity index (χ3v) is 8.48. The number of alkyl halides is 3.